The number of carbonyl (C=O) groups excluding carboxylic acids is 1. The molecule has 3 heterocycles. The topological polar surface area (TPSA) is 70.6 Å². The van der Waals surface area contributed by atoms with E-state index in [0.717, 1.165) is 54.9 Å². The largest absolute Gasteiger partial charge is 0.376 e. The molecule has 1 amide bonds. The number of aromatic nitrogens is 2. The Morgan fingerprint density at radius 2 is 2.19 bits per heavy atom. The molecule has 0 aromatic carbocycles. The van der Waals surface area contributed by atoms with Crippen LogP contribution in [0.2, 0.25) is 0 Å². The Kier molecular flexibility index (Phi) is 4.61. The predicted octanol–water partition coefficient (Wildman–Crippen LogP) is 1.17. The van der Waals surface area contributed by atoms with Gasteiger partial charge >= 0.3 is 0 Å². The molecule has 26 heavy (non-hydrogen) atoms. The molecule has 1 atom stereocenters. The number of likely N-dealkylation sites (tertiary alicyclic amines) is 1. The standard InChI is InChI=1S/C19H29N5O2/c1-13-15-10-26-12-19(6-7-24(11-19)9-16(25)23(2)3)17(15)22-18(21-13)20-8-14-4-5-14/h14H,4-12H2,1-3H3,(H,20,21,22)/t19-/m1/s1. The van der Waals surface area contributed by atoms with Crippen molar-refractivity contribution in [2.45, 2.75) is 38.2 Å². The van der Waals surface area contributed by atoms with Crippen LogP contribution in [0.3, 0.4) is 0 Å². The molecule has 1 aliphatic carbocycles. The van der Waals surface area contributed by atoms with Crippen LogP contribution in [0.1, 0.15) is 36.2 Å². The second kappa shape index (κ2) is 6.78. The molecule has 142 valence electrons. The van der Waals surface area contributed by atoms with E-state index in [2.05, 4.69) is 15.2 Å². The van der Waals surface area contributed by atoms with E-state index < -0.39 is 0 Å². The van der Waals surface area contributed by atoms with E-state index >= 15 is 0 Å². The lowest BCUT2D eigenvalue weighted by Gasteiger charge is -2.35. The number of likely N-dealkylation sites (N-methyl/N-ethyl adjacent to an activating group) is 1. The number of carbonyl (C=O) groups is 1. The van der Waals surface area contributed by atoms with Gasteiger partial charge in [0.25, 0.3) is 0 Å². The Balaban J connectivity index is 1.56. The summed E-state index contributed by atoms with van der Waals surface area (Å²) in [5.41, 5.74) is 3.16. The van der Waals surface area contributed by atoms with E-state index in [1.54, 1.807) is 4.90 Å². The SMILES string of the molecule is Cc1nc(NCC2CC2)nc2c1COC[C@]21CCN(CC(=O)N(C)C)C1. The molecule has 1 aromatic rings. The van der Waals surface area contributed by atoms with Gasteiger partial charge in [-0.05, 0) is 38.6 Å². The summed E-state index contributed by atoms with van der Waals surface area (Å²) in [4.78, 5) is 25.6. The highest BCUT2D eigenvalue weighted by Gasteiger charge is 2.45. The quantitative estimate of drug-likeness (QED) is 0.851. The van der Waals surface area contributed by atoms with Gasteiger partial charge in [-0.2, -0.15) is 0 Å². The molecule has 3 aliphatic rings. The van der Waals surface area contributed by atoms with E-state index in [9.17, 15) is 4.79 Å². The monoisotopic (exact) mass is 359 g/mol. The zero-order valence-electron chi connectivity index (χ0n) is 16.0. The number of ether oxygens (including phenoxy) is 1. The fourth-order valence-corrected chi connectivity index (χ4v) is 4.00. The van der Waals surface area contributed by atoms with E-state index in [-0.39, 0.29) is 11.3 Å². The van der Waals surface area contributed by atoms with Gasteiger partial charge in [0.15, 0.2) is 0 Å². The molecule has 0 radical (unpaired) electrons. The molecule has 0 unspecified atom stereocenters. The van der Waals surface area contributed by atoms with E-state index in [0.29, 0.717) is 19.8 Å². The van der Waals surface area contributed by atoms with E-state index in [1.807, 2.05) is 21.0 Å². The van der Waals surface area contributed by atoms with E-state index in [4.69, 9.17) is 9.72 Å². The minimum absolute atomic E-state index is 0.121. The van der Waals surface area contributed by atoms with Crippen LogP contribution < -0.4 is 5.32 Å². The Bertz CT molecular complexity index is 703. The summed E-state index contributed by atoms with van der Waals surface area (Å²) in [6, 6.07) is 0. The summed E-state index contributed by atoms with van der Waals surface area (Å²) in [5.74, 6) is 1.67. The maximum absolute atomic E-state index is 12.1. The highest BCUT2D eigenvalue weighted by Crippen LogP contribution is 2.40. The number of anilines is 1. The van der Waals surface area contributed by atoms with Crippen molar-refractivity contribution in [3.63, 3.8) is 0 Å². The number of aryl methyl sites for hydroxylation is 1. The number of hydrogen-bond donors (Lipinski definition) is 1. The number of fused-ring (bicyclic) bond motifs is 2. The van der Waals surface area contributed by atoms with Crippen LogP contribution in [-0.4, -0.2) is 72.6 Å². The first kappa shape index (κ1) is 17.7. The average molecular weight is 359 g/mol. The van der Waals surface area contributed by atoms with Crippen molar-refractivity contribution < 1.29 is 9.53 Å². The van der Waals surface area contributed by atoms with Gasteiger partial charge in [0, 0.05) is 38.4 Å². The van der Waals surface area contributed by atoms with Gasteiger partial charge < -0.3 is 15.0 Å². The van der Waals surface area contributed by atoms with Crippen molar-refractivity contribution in [3.8, 4) is 0 Å². The van der Waals surface area contributed by atoms with Crippen LogP contribution >= 0.6 is 0 Å². The van der Waals surface area contributed by atoms with Crippen molar-refractivity contribution in [1.29, 1.82) is 0 Å². The highest BCUT2D eigenvalue weighted by molar-refractivity contribution is 5.77. The third kappa shape index (κ3) is 3.42. The van der Waals surface area contributed by atoms with Gasteiger partial charge in [-0.3, -0.25) is 9.69 Å². The highest BCUT2D eigenvalue weighted by atomic mass is 16.5. The summed E-state index contributed by atoms with van der Waals surface area (Å²) in [7, 11) is 3.61. The molecule has 1 saturated heterocycles. The normalized spacial score (nSPS) is 25.3. The lowest BCUT2D eigenvalue weighted by Crippen LogP contribution is -2.43. The maximum Gasteiger partial charge on any atom is 0.236 e. The van der Waals surface area contributed by atoms with Crippen LogP contribution in [0.5, 0.6) is 0 Å². The minimum atomic E-state index is -0.121. The number of hydrogen-bond acceptors (Lipinski definition) is 6. The maximum atomic E-state index is 12.1. The zero-order valence-corrected chi connectivity index (χ0v) is 16.0. The molecule has 7 heteroatoms. The summed E-state index contributed by atoms with van der Waals surface area (Å²) in [6.07, 6.45) is 3.59. The summed E-state index contributed by atoms with van der Waals surface area (Å²) >= 11 is 0. The molecular formula is C19H29N5O2. The zero-order chi connectivity index (χ0) is 18.3. The second-order valence-electron chi connectivity index (χ2n) is 8.31. The Hall–Kier alpha value is -1.73. The second-order valence-corrected chi connectivity index (χ2v) is 8.31. The first-order valence-electron chi connectivity index (χ1n) is 9.59. The molecule has 2 aliphatic heterocycles. The summed E-state index contributed by atoms with van der Waals surface area (Å²) < 4.78 is 5.94. The number of amides is 1. The van der Waals surface area contributed by atoms with Crippen molar-refractivity contribution in [2.75, 3.05) is 52.2 Å². The summed E-state index contributed by atoms with van der Waals surface area (Å²) in [6.45, 7) is 6.45. The third-order valence-electron chi connectivity index (χ3n) is 5.88. The van der Waals surface area contributed by atoms with Gasteiger partial charge in [-0.15, -0.1) is 0 Å². The Labute approximate surface area is 155 Å². The van der Waals surface area contributed by atoms with Crippen LogP contribution in [0.15, 0.2) is 0 Å². The van der Waals surface area contributed by atoms with Gasteiger partial charge in [-0.1, -0.05) is 0 Å². The summed E-state index contributed by atoms with van der Waals surface area (Å²) in [5, 5.41) is 3.42. The molecule has 1 aromatic heterocycles. The van der Waals surface area contributed by atoms with Crippen molar-refractivity contribution in [3.05, 3.63) is 17.0 Å². The first-order valence-corrected chi connectivity index (χ1v) is 9.59. The van der Waals surface area contributed by atoms with Crippen molar-refractivity contribution in [1.82, 2.24) is 19.8 Å². The molecule has 0 bridgehead atoms. The van der Waals surface area contributed by atoms with Gasteiger partial charge in [-0.25, -0.2) is 9.97 Å². The molecule has 7 nitrogen and oxygen atoms in total. The van der Waals surface area contributed by atoms with Gasteiger partial charge in [0.05, 0.1) is 30.9 Å². The predicted molar refractivity (Wildman–Crippen MR) is 99.1 cm³/mol. The fourth-order valence-electron chi connectivity index (χ4n) is 4.00. The van der Waals surface area contributed by atoms with Crippen LogP contribution in [0.4, 0.5) is 5.95 Å². The molecule has 1 spiro atoms. The smallest absolute Gasteiger partial charge is 0.236 e. The van der Waals surface area contributed by atoms with Crippen LogP contribution in [0, 0.1) is 12.8 Å². The Morgan fingerprint density at radius 3 is 2.92 bits per heavy atom. The van der Waals surface area contributed by atoms with Crippen molar-refractivity contribution >= 4 is 11.9 Å². The molecule has 2 fully saturated rings. The van der Waals surface area contributed by atoms with E-state index in [1.165, 1.54) is 12.8 Å². The minimum Gasteiger partial charge on any atom is -0.376 e. The molecule has 4 rings (SSSR count). The van der Waals surface area contributed by atoms with Crippen molar-refractivity contribution in [2.24, 2.45) is 5.92 Å². The van der Waals surface area contributed by atoms with Crippen LogP contribution in [0.25, 0.3) is 0 Å². The lowest BCUT2D eigenvalue weighted by molar-refractivity contribution is -0.129. The first-order chi connectivity index (χ1) is 12.5. The molecular weight excluding hydrogens is 330 g/mol. The average Bonchev–Trinajstić information content (AvgIpc) is 3.36. The lowest BCUT2D eigenvalue weighted by atomic mass is 9.80. The van der Waals surface area contributed by atoms with Crippen LogP contribution in [-0.2, 0) is 21.6 Å². The molecule has 1 N–H and O–H groups in total. The fraction of sp³-hybridized carbons (Fsp3) is 0.737. The van der Waals surface area contributed by atoms with Gasteiger partial charge in [0.2, 0.25) is 11.9 Å². The number of nitrogens with one attached hydrogen (secondary N) is 1. The van der Waals surface area contributed by atoms with Gasteiger partial charge in [0.1, 0.15) is 0 Å². The third-order valence-corrected chi connectivity index (χ3v) is 5.88. The molecule has 1 saturated carbocycles. The Morgan fingerprint density at radius 1 is 1.38 bits per heavy atom. The number of rotatable bonds is 5. The number of nitrogens with zero attached hydrogens (tertiary/aromatic N) is 4.